The van der Waals surface area contributed by atoms with Gasteiger partial charge in [-0.25, -0.2) is 4.42 Å². The monoisotopic (exact) mass is 449 g/mol. The standard InChI is InChI=1S/C32H33O2/c1-2-3-4-5-12-23-33-30-20-17-26(18-21-30)19-22-31-24-29(27-13-8-6-9-14-27)25-32(34-31)28-15-10-7-11-16-28/h6-11,13-22,24-25H,2-5,12,23H2,1H3/q+1/b22-19+. The molecular formula is C32H33O2+. The highest BCUT2D eigenvalue weighted by molar-refractivity contribution is 5.74. The molecule has 34 heavy (non-hydrogen) atoms. The summed E-state index contributed by atoms with van der Waals surface area (Å²) in [6.07, 6.45) is 10.4. The Morgan fingerprint density at radius 2 is 1.32 bits per heavy atom. The van der Waals surface area contributed by atoms with Crippen molar-refractivity contribution in [3.8, 4) is 28.2 Å². The zero-order chi connectivity index (χ0) is 23.4. The van der Waals surface area contributed by atoms with E-state index in [2.05, 4.69) is 73.7 Å². The molecule has 1 heterocycles. The highest BCUT2D eigenvalue weighted by Gasteiger charge is 2.17. The van der Waals surface area contributed by atoms with E-state index in [9.17, 15) is 0 Å². The van der Waals surface area contributed by atoms with Crippen LogP contribution in [0.4, 0.5) is 0 Å². The van der Waals surface area contributed by atoms with E-state index in [0.29, 0.717) is 0 Å². The molecule has 0 radical (unpaired) electrons. The van der Waals surface area contributed by atoms with E-state index < -0.39 is 0 Å². The lowest BCUT2D eigenvalue weighted by Crippen LogP contribution is -1.97. The summed E-state index contributed by atoms with van der Waals surface area (Å²) in [5.41, 5.74) is 4.47. The molecule has 0 aliphatic rings. The largest absolute Gasteiger partial charge is 0.494 e. The molecule has 3 aromatic carbocycles. The average Bonchev–Trinajstić information content (AvgIpc) is 2.91. The quantitative estimate of drug-likeness (QED) is 0.168. The van der Waals surface area contributed by atoms with Gasteiger partial charge >= 0.3 is 11.5 Å². The predicted molar refractivity (Wildman–Crippen MR) is 144 cm³/mol. The Morgan fingerprint density at radius 1 is 0.647 bits per heavy atom. The van der Waals surface area contributed by atoms with Gasteiger partial charge in [-0.15, -0.1) is 0 Å². The van der Waals surface area contributed by atoms with Crippen LogP contribution in [0.1, 0.15) is 50.4 Å². The maximum atomic E-state index is 6.25. The summed E-state index contributed by atoms with van der Waals surface area (Å²) < 4.78 is 12.1. The van der Waals surface area contributed by atoms with Crippen LogP contribution in [0.5, 0.6) is 5.75 Å². The first-order valence-corrected chi connectivity index (χ1v) is 12.3. The van der Waals surface area contributed by atoms with E-state index >= 15 is 0 Å². The average molecular weight is 450 g/mol. The fourth-order valence-corrected chi connectivity index (χ4v) is 3.90. The van der Waals surface area contributed by atoms with Crippen molar-refractivity contribution >= 4 is 12.2 Å². The van der Waals surface area contributed by atoms with E-state index in [4.69, 9.17) is 9.15 Å². The van der Waals surface area contributed by atoms with Gasteiger partial charge in [0.05, 0.1) is 24.3 Å². The molecule has 0 fully saturated rings. The lowest BCUT2D eigenvalue weighted by molar-refractivity contribution is 0.304. The molecule has 0 saturated heterocycles. The van der Waals surface area contributed by atoms with Gasteiger partial charge in [0.15, 0.2) is 0 Å². The van der Waals surface area contributed by atoms with Crippen LogP contribution in [-0.2, 0) is 0 Å². The van der Waals surface area contributed by atoms with Crippen molar-refractivity contribution < 1.29 is 9.15 Å². The molecule has 0 aliphatic heterocycles. The van der Waals surface area contributed by atoms with Gasteiger partial charge in [0.25, 0.3) is 0 Å². The summed E-state index contributed by atoms with van der Waals surface area (Å²) in [5.74, 6) is 2.59. The molecule has 2 heteroatoms. The SMILES string of the molecule is CCCCCCCOc1ccc(/C=C/c2cc(-c3ccccc3)cc(-c3ccccc3)[o+]2)cc1. The normalized spacial score (nSPS) is 11.1. The summed E-state index contributed by atoms with van der Waals surface area (Å²) in [6.45, 7) is 3.02. The van der Waals surface area contributed by atoms with Crippen LogP contribution in [0.2, 0.25) is 0 Å². The molecular weight excluding hydrogens is 416 g/mol. The Morgan fingerprint density at radius 3 is 2.03 bits per heavy atom. The smallest absolute Gasteiger partial charge is 0.361 e. The molecule has 0 spiro atoms. The molecule has 0 N–H and O–H groups in total. The fourth-order valence-electron chi connectivity index (χ4n) is 3.90. The second-order valence-electron chi connectivity index (χ2n) is 8.51. The highest BCUT2D eigenvalue weighted by atomic mass is 16.5. The van der Waals surface area contributed by atoms with Gasteiger partial charge in [-0.1, -0.05) is 93.3 Å². The van der Waals surface area contributed by atoms with Crippen LogP contribution in [0.3, 0.4) is 0 Å². The molecule has 0 saturated carbocycles. The minimum atomic E-state index is 0.784. The zero-order valence-electron chi connectivity index (χ0n) is 20.0. The highest BCUT2D eigenvalue weighted by Crippen LogP contribution is 2.29. The molecule has 4 rings (SSSR count). The zero-order valence-corrected chi connectivity index (χ0v) is 20.0. The number of unbranched alkanes of at least 4 members (excludes halogenated alkanes) is 4. The first-order valence-electron chi connectivity index (χ1n) is 12.3. The Hall–Kier alpha value is -3.65. The van der Waals surface area contributed by atoms with Gasteiger partial charge in [0, 0.05) is 11.6 Å². The van der Waals surface area contributed by atoms with Gasteiger partial charge in [-0.3, -0.25) is 0 Å². The first kappa shape index (κ1) is 23.5. The lowest BCUT2D eigenvalue weighted by atomic mass is 10.0. The van der Waals surface area contributed by atoms with Gasteiger partial charge in [-0.05, 0) is 47.9 Å². The molecule has 0 bridgehead atoms. The third-order valence-corrected chi connectivity index (χ3v) is 5.81. The van der Waals surface area contributed by atoms with E-state index in [1.807, 2.05) is 42.5 Å². The topological polar surface area (TPSA) is 20.5 Å². The van der Waals surface area contributed by atoms with Gasteiger partial charge in [0.2, 0.25) is 0 Å². The van der Waals surface area contributed by atoms with Gasteiger partial charge in [0.1, 0.15) is 5.75 Å². The molecule has 4 aromatic rings. The summed E-state index contributed by atoms with van der Waals surface area (Å²) in [6, 6.07) is 33.1. The molecule has 0 amide bonds. The molecule has 0 aliphatic carbocycles. The molecule has 0 unspecified atom stereocenters. The molecule has 1 aromatic heterocycles. The van der Waals surface area contributed by atoms with E-state index in [1.165, 1.54) is 31.2 Å². The Labute approximate surface area is 203 Å². The van der Waals surface area contributed by atoms with Crippen molar-refractivity contribution in [2.45, 2.75) is 39.0 Å². The van der Waals surface area contributed by atoms with Crippen LogP contribution in [0.25, 0.3) is 34.6 Å². The third-order valence-electron chi connectivity index (χ3n) is 5.81. The minimum Gasteiger partial charge on any atom is -0.494 e. The van der Waals surface area contributed by atoms with E-state index in [0.717, 1.165) is 47.0 Å². The Balaban J connectivity index is 1.48. The Bertz CT molecular complexity index is 1110. The summed E-state index contributed by atoms with van der Waals surface area (Å²) in [7, 11) is 0. The summed E-state index contributed by atoms with van der Waals surface area (Å²) in [5, 5.41) is 0. The van der Waals surface area contributed by atoms with Crippen LogP contribution >= 0.6 is 0 Å². The van der Waals surface area contributed by atoms with Crippen LogP contribution in [0, 0.1) is 0 Å². The minimum absolute atomic E-state index is 0.784. The number of hydrogen-bond donors (Lipinski definition) is 0. The first-order chi connectivity index (χ1) is 16.8. The van der Waals surface area contributed by atoms with E-state index in [-0.39, 0.29) is 0 Å². The number of benzene rings is 3. The van der Waals surface area contributed by atoms with Crippen molar-refractivity contribution in [1.82, 2.24) is 0 Å². The van der Waals surface area contributed by atoms with Crippen LogP contribution < -0.4 is 4.74 Å². The second-order valence-corrected chi connectivity index (χ2v) is 8.51. The lowest BCUT2D eigenvalue weighted by Gasteiger charge is -2.06. The fraction of sp³-hybridized carbons (Fsp3) is 0.219. The van der Waals surface area contributed by atoms with Crippen molar-refractivity contribution in [3.63, 3.8) is 0 Å². The van der Waals surface area contributed by atoms with Crippen molar-refractivity contribution in [1.29, 1.82) is 0 Å². The Kier molecular flexibility index (Phi) is 8.68. The van der Waals surface area contributed by atoms with Crippen LogP contribution in [0.15, 0.2) is 101 Å². The maximum Gasteiger partial charge on any atom is 0.361 e. The third kappa shape index (κ3) is 6.92. The number of hydrogen-bond acceptors (Lipinski definition) is 1. The molecule has 172 valence electrons. The predicted octanol–water partition coefficient (Wildman–Crippen LogP) is 9.41. The van der Waals surface area contributed by atoms with Gasteiger partial charge < -0.3 is 4.74 Å². The van der Waals surface area contributed by atoms with Crippen molar-refractivity contribution in [3.05, 3.63) is 108 Å². The number of rotatable bonds is 11. The summed E-state index contributed by atoms with van der Waals surface area (Å²) in [4.78, 5) is 0. The van der Waals surface area contributed by atoms with Crippen molar-refractivity contribution in [2.75, 3.05) is 6.61 Å². The second kappa shape index (κ2) is 12.6. The number of ether oxygens (including phenoxy) is 1. The van der Waals surface area contributed by atoms with Gasteiger partial charge in [-0.2, -0.15) is 0 Å². The van der Waals surface area contributed by atoms with Crippen LogP contribution in [-0.4, -0.2) is 6.61 Å². The molecule has 2 nitrogen and oxygen atoms in total. The molecule has 0 atom stereocenters. The van der Waals surface area contributed by atoms with Crippen molar-refractivity contribution in [2.24, 2.45) is 0 Å². The maximum absolute atomic E-state index is 6.25. The summed E-state index contributed by atoms with van der Waals surface area (Å²) >= 11 is 0. The van der Waals surface area contributed by atoms with E-state index in [1.54, 1.807) is 0 Å².